The molecule has 0 bridgehead atoms. The highest BCUT2D eigenvalue weighted by molar-refractivity contribution is 6.31. The SMILES string of the molecule is Cc1cc(NCc2ccccc2Cl)nc(NCc2ccccc2Cl)n1. The number of halogens is 2. The van der Waals surface area contributed by atoms with Gasteiger partial charge in [-0.2, -0.15) is 4.98 Å². The van der Waals surface area contributed by atoms with Gasteiger partial charge in [0.05, 0.1) is 0 Å². The van der Waals surface area contributed by atoms with E-state index in [1.807, 2.05) is 61.5 Å². The molecule has 0 aliphatic carbocycles. The van der Waals surface area contributed by atoms with Crippen LogP contribution in [0.1, 0.15) is 16.8 Å². The van der Waals surface area contributed by atoms with Crippen LogP contribution in [0.15, 0.2) is 54.6 Å². The third-order valence-electron chi connectivity index (χ3n) is 3.67. The van der Waals surface area contributed by atoms with Crippen molar-refractivity contribution in [2.75, 3.05) is 10.6 Å². The number of benzene rings is 2. The van der Waals surface area contributed by atoms with Gasteiger partial charge in [0.15, 0.2) is 0 Å². The summed E-state index contributed by atoms with van der Waals surface area (Å²) < 4.78 is 0. The first kappa shape index (κ1) is 17.5. The third kappa shape index (κ3) is 4.84. The summed E-state index contributed by atoms with van der Waals surface area (Å²) in [5.41, 5.74) is 2.89. The van der Waals surface area contributed by atoms with Crippen molar-refractivity contribution < 1.29 is 0 Å². The van der Waals surface area contributed by atoms with Gasteiger partial charge >= 0.3 is 0 Å². The summed E-state index contributed by atoms with van der Waals surface area (Å²) in [5.74, 6) is 1.30. The highest BCUT2D eigenvalue weighted by Crippen LogP contribution is 2.19. The van der Waals surface area contributed by atoms with Crippen molar-refractivity contribution in [2.45, 2.75) is 20.0 Å². The number of hydrogen-bond donors (Lipinski definition) is 2. The number of rotatable bonds is 6. The minimum atomic E-state index is 0.557. The Balaban J connectivity index is 1.68. The Morgan fingerprint density at radius 3 is 1.96 bits per heavy atom. The average Bonchev–Trinajstić information content (AvgIpc) is 2.60. The fourth-order valence-electron chi connectivity index (χ4n) is 2.38. The minimum absolute atomic E-state index is 0.557. The van der Waals surface area contributed by atoms with E-state index in [0.29, 0.717) is 19.0 Å². The molecule has 2 N–H and O–H groups in total. The summed E-state index contributed by atoms with van der Waals surface area (Å²) in [4.78, 5) is 8.92. The van der Waals surface area contributed by atoms with E-state index >= 15 is 0 Å². The Bertz CT molecular complexity index is 800. The lowest BCUT2D eigenvalue weighted by Gasteiger charge is -2.11. The van der Waals surface area contributed by atoms with Crippen molar-refractivity contribution >= 4 is 35.0 Å². The molecular weight excluding hydrogens is 355 g/mol. The lowest BCUT2D eigenvalue weighted by molar-refractivity contribution is 1.01. The monoisotopic (exact) mass is 372 g/mol. The molecule has 0 saturated carbocycles. The van der Waals surface area contributed by atoms with E-state index in [4.69, 9.17) is 23.2 Å². The molecule has 0 atom stereocenters. The van der Waals surface area contributed by atoms with Gasteiger partial charge in [-0.15, -0.1) is 0 Å². The average molecular weight is 373 g/mol. The third-order valence-corrected chi connectivity index (χ3v) is 4.40. The quantitative estimate of drug-likeness (QED) is 0.614. The Kier molecular flexibility index (Phi) is 5.74. The van der Waals surface area contributed by atoms with Gasteiger partial charge in [0.25, 0.3) is 0 Å². The van der Waals surface area contributed by atoms with Crippen LogP contribution in [0, 0.1) is 6.92 Å². The molecular formula is C19H18Cl2N4. The van der Waals surface area contributed by atoms with Gasteiger partial charge in [0.1, 0.15) is 5.82 Å². The smallest absolute Gasteiger partial charge is 0.225 e. The van der Waals surface area contributed by atoms with Crippen molar-refractivity contribution in [1.82, 2.24) is 9.97 Å². The van der Waals surface area contributed by atoms with E-state index in [2.05, 4.69) is 20.6 Å². The van der Waals surface area contributed by atoms with Gasteiger partial charge < -0.3 is 10.6 Å². The van der Waals surface area contributed by atoms with Crippen LogP contribution in [0.3, 0.4) is 0 Å². The van der Waals surface area contributed by atoms with Crippen LogP contribution in [0.25, 0.3) is 0 Å². The van der Waals surface area contributed by atoms with Crippen molar-refractivity contribution in [3.8, 4) is 0 Å². The molecule has 1 aromatic heterocycles. The predicted molar refractivity (Wildman–Crippen MR) is 104 cm³/mol. The molecule has 0 radical (unpaired) electrons. The van der Waals surface area contributed by atoms with Crippen LogP contribution in [-0.4, -0.2) is 9.97 Å². The molecule has 0 amide bonds. The van der Waals surface area contributed by atoms with Crippen molar-refractivity contribution in [1.29, 1.82) is 0 Å². The molecule has 3 aromatic rings. The van der Waals surface area contributed by atoms with Gasteiger partial charge in [0, 0.05) is 34.9 Å². The van der Waals surface area contributed by atoms with Crippen LogP contribution in [0.4, 0.5) is 11.8 Å². The Labute approximate surface area is 157 Å². The molecule has 0 aliphatic heterocycles. The Morgan fingerprint density at radius 1 is 0.800 bits per heavy atom. The first-order chi connectivity index (χ1) is 12.1. The zero-order valence-electron chi connectivity index (χ0n) is 13.8. The maximum atomic E-state index is 6.19. The first-order valence-corrected chi connectivity index (χ1v) is 8.67. The number of aromatic nitrogens is 2. The number of nitrogens with zero attached hydrogens (tertiary/aromatic N) is 2. The Hall–Kier alpha value is -2.30. The normalized spacial score (nSPS) is 10.5. The second kappa shape index (κ2) is 8.19. The zero-order valence-corrected chi connectivity index (χ0v) is 15.3. The molecule has 3 rings (SSSR count). The van der Waals surface area contributed by atoms with E-state index in [0.717, 1.165) is 32.7 Å². The molecule has 25 heavy (non-hydrogen) atoms. The summed E-state index contributed by atoms with van der Waals surface area (Å²) in [6.45, 7) is 3.09. The number of nitrogens with one attached hydrogen (secondary N) is 2. The van der Waals surface area contributed by atoms with Crippen LogP contribution >= 0.6 is 23.2 Å². The van der Waals surface area contributed by atoms with Crippen molar-refractivity contribution in [2.24, 2.45) is 0 Å². The summed E-state index contributed by atoms with van der Waals surface area (Å²) in [6.07, 6.45) is 0. The number of hydrogen-bond acceptors (Lipinski definition) is 4. The second-order valence-electron chi connectivity index (χ2n) is 5.61. The molecule has 0 aliphatic rings. The van der Waals surface area contributed by atoms with E-state index < -0.39 is 0 Å². The molecule has 128 valence electrons. The fourth-order valence-corrected chi connectivity index (χ4v) is 2.79. The standard InChI is InChI=1S/C19H18Cl2N4/c1-13-10-18(22-11-14-6-2-4-8-16(14)20)25-19(24-13)23-12-15-7-3-5-9-17(15)21/h2-10H,11-12H2,1H3,(H2,22,23,24,25). The van der Waals surface area contributed by atoms with E-state index in [1.165, 1.54) is 0 Å². The van der Waals surface area contributed by atoms with Crippen LogP contribution in [0.2, 0.25) is 10.0 Å². The molecule has 0 spiro atoms. The summed E-state index contributed by atoms with van der Waals surface area (Å²) in [5, 5.41) is 7.97. The van der Waals surface area contributed by atoms with Gasteiger partial charge in [0.2, 0.25) is 5.95 Å². The minimum Gasteiger partial charge on any atom is -0.366 e. The molecule has 6 heteroatoms. The van der Waals surface area contributed by atoms with Gasteiger partial charge in [-0.25, -0.2) is 4.98 Å². The van der Waals surface area contributed by atoms with Crippen LogP contribution in [0.5, 0.6) is 0 Å². The molecule has 1 heterocycles. The zero-order chi connectivity index (χ0) is 17.6. The van der Waals surface area contributed by atoms with E-state index in [1.54, 1.807) is 0 Å². The topological polar surface area (TPSA) is 49.8 Å². The van der Waals surface area contributed by atoms with Crippen molar-refractivity contribution in [3.05, 3.63) is 81.5 Å². The molecule has 0 saturated heterocycles. The lowest BCUT2D eigenvalue weighted by Crippen LogP contribution is -2.08. The van der Waals surface area contributed by atoms with Crippen LogP contribution in [-0.2, 0) is 13.1 Å². The van der Waals surface area contributed by atoms with Gasteiger partial charge in [-0.3, -0.25) is 0 Å². The van der Waals surface area contributed by atoms with Crippen molar-refractivity contribution in [3.63, 3.8) is 0 Å². The molecule has 4 nitrogen and oxygen atoms in total. The van der Waals surface area contributed by atoms with Gasteiger partial charge in [-0.1, -0.05) is 59.6 Å². The largest absolute Gasteiger partial charge is 0.366 e. The second-order valence-corrected chi connectivity index (χ2v) is 6.42. The summed E-state index contributed by atoms with van der Waals surface area (Å²) in [7, 11) is 0. The predicted octanol–water partition coefficient (Wildman–Crippen LogP) is 5.32. The summed E-state index contributed by atoms with van der Waals surface area (Å²) >= 11 is 12.4. The van der Waals surface area contributed by atoms with E-state index in [-0.39, 0.29) is 0 Å². The fraction of sp³-hybridized carbons (Fsp3) is 0.158. The number of anilines is 2. The molecule has 2 aromatic carbocycles. The first-order valence-electron chi connectivity index (χ1n) is 7.92. The highest BCUT2D eigenvalue weighted by atomic mass is 35.5. The maximum absolute atomic E-state index is 6.19. The molecule has 0 unspecified atom stereocenters. The van der Waals surface area contributed by atoms with Crippen LogP contribution < -0.4 is 10.6 Å². The maximum Gasteiger partial charge on any atom is 0.225 e. The Morgan fingerprint density at radius 2 is 1.36 bits per heavy atom. The van der Waals surface area contributed by atoms with Gasteiger partial charge in [-0.05, 0) is 30.2 Å². The highest BCUT2D eigenvalue weighted by Gasteiger charge is 2.05. The molecule has 0 fully saturated rings. The lowest BCUT2D eigenvalue weighted by atomic mass is 10.2. The summed E-state index contributed by atoms with van der Waals surface area (Å²) in [6, 6.07) is 17.3. The van der Waals surface area contributed by atoms with E-state index in [9.17, 15) is 0 Å². The number of aryl methyl sites for hydroxylation is 1.